The van der Waals surface area contributed by atoms with Crippen molar-refractivity contribution in [1.29, 1.82) is 0 Å². The Balaban J connectivity index is 0.000000279. The molecule has 0 saturated carbocycles. The number of ketones is 1. The number of nitrogens with zero attached hydrogens (tertiary/aromatic N) is 2. The predicted molar refractivity (Wildman–Crippen MR) is 195 cm³/mol. The van der Waals surface area contributed by atoms with Crippen molar-refractivity contribution >= 4 is 33.8 Å². The number of aromatic nitrogens is 2. The number of Topliss-reactive ketones (excluding diaryl/α,β-unsaturated/α-hetero) is 1. The van der Waals surface area contributed by atoms with Gasteiger partial charge in [-0.25, -0.2) is 87.8 Å². The van der Waals surface area contributed by atoms with Gasteiger partial charge < -0.3 is 0 Å². The van der Waals surface area contributed by atoms with Gasteiger partial charge in [0.05, 0.1) is 12.4 Å². The maximum absolute atomic E-state index is 15.4. The first-order chi connectivity index (χ1) is 31.4. The first-order valence-corrected chi connectivity index (χ1v) is 18.2. The fourth-order valence-corrected chi connectivity index (χ4v) is 7.31. The fraction of sp³-hybridized carbons (Fsp3) is 0.0465. The molecule has 1 aromatic heterocycles. The Morgan fingerprint density at radius 3 is 1.10 bits per heavy atom. The summed E-state index contributed by atoms with van der Waals surface area (Å²) < 4.78 is 296. The lowest BCUT2D eigenvalue weighted by atomic mass is 9.12. The lowest BCUT2D eigenvalue weighted by Gasteiger charge is -2.44. The van der Waals surface area contributed by atoms with E-state index in [0.29, 0.717) is 6.54 Å². The molecule has 0 unspecified atom stereocenters. The lowest BCUT2D eigenvalue weighted by Crippen LogP contribution is -2.81. The minimum absolute atomic E-state index is 0.0886. The highest BCUT2D eigenvalue weighted by molar-refractivity contribution is 7.20. The molecule has 1 heterocycles. The third-order valence-electron chi connectivity index (χ3n) is 10.3. The molecule has 24 heteroatoms. The van der Waals surface area contributed by atoms with Crippen LogP contribution in [0.15, 0.2) is 73.2 Å². The molecule has 0 saturated heterocycles. The van der Waals surface area contributed by atoms with Crippen LogP contribution in [0, 0.1) is 123 Å². The molecule has 6 aromatic carbocycles. The molecular weight excluding hydrogens is 951 g/mol. The van der Waals surface area contributed by atoms with Gasteiger partial charge >= 0.3 is 0 Å². The van der Waals surface area contributed by atoms with E-state index in [4.69, 9.17) is 0 Å². The predicted octanol–water partition coefficient (Wildman–Crippen LogP) is 9.07. The molecular formula is C43H17BF20N2O. The third kappa shape index (κ3) is 8.00. The molecule has 7 aromatic rings. The first kappa shape index (κ1) is 49.2. The van der Waals surface area contributed by atoms with Gasteiger partial charge in [0.2, 0.25) is 18.0 Å². The molecule has 0 fully saturated rings. The number of aryl methyl sites for hydroxylation is 1. The van der Waals surface area contributed by atoms with Crippen LogP contribution in [0.25, 0.3) is 11.3 Å². The van der Waals surface area contributed by atoms with Crippen LogP contribution in [0.3, 0.4) is 0 Å². The second kappa shape index (κ2) is 18.5. The monoisotopic (exact) mass is 968 g/mol. The zero-order valence-corrected chi connectivity index (χ0v) is 32.6. The van der Waals surface area contributed by atoms with Crippen molar-refractivity contribution < 1.29 is 97.2 Å². The maximum atomic E-state index is 15.4. The number of carbonyl (C=O) groups excluding carboxylic acids is 1. The van der Waals surface area contributed by atoms with Crippen LogP contribution in [-0.2, 0) is 6.54 Å². The van der Waals surface area contributed by atoms with E-state index in [2.05, 4.69) is 24.0 Å². The molecule has 0 aliphatic rings. The van der Waals surface area contributed by atoms with E-state index in [1.54, 1.807) is 12.4 Å². The van der Waals surface area contributed by atoms with Crippen molar-refractivity contribution in [3.05, 3.63) is 201 Å². The molecule has 3 nitrogen and oxygen atoms in total. The lowest BCUT2D eigenvalue weighted by molar-refractivity contribution is -0.672. The Hall–Kier alpha value is -7.27. The van der Waals surface area contributed by atoms with Gasteiger partial charge in [0.25, 0.3) is 0 Å². The Labute approximate surface area is 361 Å². The summed E-state index contributed by atoms with van der Waals surface area (Å²) >= 11 is 0. The van der Waals surface area contributed by atoms with Gasteiger partial charge in [-0.3, -0.25) is 9.78 Å². The Morgan fingerprint density at radius 1 is 0.448 bits per heavy atom. The molecule has 0 aliphatic carbocycles. The van der Waals surface area contributed by atoms with Crippen LogP contribution in [0.4, 0.5) is 87.8 Å². The van der Waals surface area contributed by atoms with E-state index in [1.165, 1.54) is 5.56 Å². The maximum Gasteiger partial charge on any atom is 0.231 e. The average molecular weight is 968 g/mol. The molecule has 67 heavy (non-hydrogen) atoms. The van der Waals surface area contributed by atoms with Crippen molar-refractivity contribution in [1.82, 2.24) is 4.98 Å². The number of hydrogen-bond acceptors (Lipinski definition) is 2. The SMILES string of the molecule is Cc1cccc(-c2cncc[n+]2CC(=O)c2ccccc2)c1.Fc1c(F)c(F)c([B-](c2c(F)c(F)c(F)c(F)c2F)(c2c(F)c(F)c(F)c(F)c2F)c2c(F)c(F)c(F)c(F)c2F)c(F)c1F. The molecule has 0 bridgehead atoms. The van der Waals surface area contributed by atoms with Crippen molar-refractivity contribution in [2.24, 2.45) is 0 Å². The van der Waals surface area contributed by atoms with Gasteiger partial charge in [-0.1, -0.05) is 48.0 Å². The highest BCUT2D eigenvalue weighted by Crippen LogP contribution is 2.31. The summed E-state index contributed by atoms with van der Waals surface area (Å²) in [4.78, 5) is 16.6. The third-order valence-corrected chi connectivity index (χ3v) is 10.3. The Morgan fingerprint density at radius 2 is 0.776 bits per heavy atom. The summed E-state index contributed by atoms with van der Waals surface area (Å²) in [6.07, 6.45) is -1.87. The van der Waals surface area contributed by atoms with Crippen LogP contribution in [0.2, 0.25) is 0 Å². The molecule has 0 amide bonds. The summed E-state index contributed by atoms with van der Waals surface area (Å²) in [5.41, 5.74) is -10.4. The number of benzene rings is 6. The van der Waals surface area contributed by atoms with Gasteiger partial charge in [0.1, 0.15) is 52.7 Å². The number of halogens is 20. The average Bonchev–Trinajstić information content (AvgIpc) is 3.32. The molecule has 0 aliphatic heterocycles. The van der Waals surface area contributed by atoms with Gasteiger partial charge in [-0.15, -0.1) is 21.9 Å². The van der Waals surface area contributed by atoms with Crippen LogP contribution < -0.4 is 26.4 Å². The molecule has 348 valence electrons. The molecule has 0 atom stereocenters. The summed E-state index contributed by atoms with van der Waals surface area (Å²) in [7, 11) is 0. The van der Waals surface area contributed by atoms with Crippen molar-refractivity contribution in [3.8, 4) is 11.3 Å². The minimum Gasteiger partial charge on any atom is -0.287 e. The largest absolute Gasteiger partial charge is 0.287 e. The van der Waals surface area contributed by atoms with Crippen LogP contribution >= 0.6 is 0 Å². The highest BCUT2D eigenvalue weighted by atomic mass is 19.2. The zero-order chi connectivity index (χ0) is 49.7. The van der Waals surface area contributed by atoms with Crippen molar-refractivity contribution in [2.75, 3.05) is 0 Å². The second-order valence-electron chi connectivity index (χ2n) is 14.0. The van der Waals surface area contributed by atoms with Gasteiger partial charge in [-0.2, -0.15) is 4.57 Å². The van der Waals surface area contributed by atoms with E-state index in [-0.39, 0.29) is 5.78 Å². The van der Waals surface area contributed by atoms with E-state index < -0.39 is 144 Å². The number of carbonyl (C=O) groups is 1. The summed E-state index contributed by atoms with van der Waals surface area (Å²) in [5, 5.41) is 0. The summed E-state index contributed by atoms with van der Waals surface area (Å²) in [5.74, 6) is -71.3. The standard InChI is InChI=1S/C24BF20.C19H17N2O/c26-5-1(6(27)14(35)21(42)13(5)34)25(2-7(28)15(36)22(43)16(37)8(2)29,3-9(30)17(38)23(44)18(39)10(3)31)4-11(32)19(40)24(45)20(41)12(4)33;1-15-6-5-9-17(12-15)18-13-20-10-11-21(18)14-19(22)16-7-3-2-4-8-16/h;2-13H,14H2,1H3/q-1;+1. The Bertz CT molecular complexity index is 2770. The highest BCUT2D eigenvalue weighted by Gasteiger charge is 2.52. The van der Waals surface area contributed by atoms with Crippen molar-refractivity contribution in [2.45, 2.75) is 13.5 Å². The number of rotatable bonds is 8. The van der Waals surface area contributed by atoms with Crippen LogP contribution in [0.1, 0.15) is 15.9 Å². The fourth-order valence-electron chi connectivity index (χ4n) is 7.31. The van der Waals surface area contributed by atoms with E-state index >= 15 is 35.1 Å². The second-order valence-corrected chi connectivity index (χ2v) is 14.0. The molecule has 0 radical (unpaired) electrons. The van der Waals surface area contributed by atoms with Gasteiger partial charge in [0.15, 0.2) is 76.0 Å². The quantitative estimate of drug-likeness (QED) is 0.0381. The minimum atomic E-state index is -7.22. The van der Waals surface area contributed by atoms with Crippen LogP contribution in [0.5, 0.6) is 0 Å². The first-order valence-electron chi connectivity index (χ1n) is 18.2. The van der Waals surface area contributed by atoms with E-state index in [0.717, 1.165) is 16.8 Å². The zero-order valence-electron chi connectivity index (χ0n) is 32.6. The molecule has 7 rings (SSSR count). The van der Waals surface area contributed by atoms with Crippen LogP contribution in [-0.4, -0.2) is 16.9 Å². The van der Waals surface area contributed by atoms with Gasteiger partial charge in [0, 0.05) is 11.1 Å². The Kier molecular flexibility index (Phi) is 13.6. The molecule has 0 spiro atoms. The summed E-state index contributed by atoms with van der Waals surface area (Å²) in [6.45, 7) is 2.36. The van der Waals surface area contributed by atoms with Gasteiger partial charge in [-0.05, 0) is 19.1 Å². The topological polar surface area (TPSA) is 33.8 Å². The van der Waals surface area contributed by atoms with E-state index in [1.807, 2.05) is 53.2 Å². The number of hydrogen-bond donors (Lipinski definition) is 0. The van der Waals surface area contributed by atoms with E-state index in [9.17, 15) is 57.5 Å². The smallest absolute Gasteiger partial charge is 0.231 e. The van der Waals surface area contributed by atoms with Crippen molar-refractivity contribution in [3.63, 3.8) is 0 Å². The normalized spacial score (nSPS) is 11.5. The molecule has 0 N–H and O–H groups in total. The summed E-state index contributed by atoms with van der Waals surface area (Å²) in [6, 6.07) is 17.6.